The molecular formula is C16H15F3N6O2. The molecule has 2 heterocycles. The van der Waals surface area contributed by atoms with E-state index in [0.29, 0.717) is 18.9 Å². The topological polar surface area (TPSA) is 97.9 Å². The third-order valence-electron chi connectivity index (χ3n) is 3.48. The van der Waals surface area contributed by atoms with Crippen molar-refractivity contribution in [3.63, 3.8) is 0 Å². The lowest BCUT2D eigenvalue weighted by Gasteiger charge is -2.07. The van der Waals surface area contributed by atoms with E-state index in [4.69, 9.17) is 0 Å². The summed E-state index contributed by atoms with van der Waals surface area (Å²) < 4.78 is 43.5. The van der Waals surface area contributed by atoms with Gasteiger partial charge in [-0.25, -0.2) is 0 Å². The average Bonchev–Trinajstić information content (AvgIpc) is 3.27. The Morgan fingerprint density at radius 1 is 1.26 bits per heavy atom. The van der Waals surface area contributed by atoms with Crippen molar-refractivity contribution in [1.29, 1.82) is 0 Å². The zero-order chi connectivity index (χ0) is 19.4. The quantitative estimate of drug-likeness (QED) is 0.637. The predicted octanol–water partition coefficient (Wildman–Crippen LogP) is 2.33. The zero-order valence-corrected chi connectivity index (χ0v) is 14.1. The van der Waals surface area contributed by atoms with Gasteiger partial charge in [0.25, 0.3) is 5.91 Å². The number of nitrogens with one attached hydrogen (secondary N) is 2. The van der Waals surface area contributed by atoms with Gasteiger partial charge in [0, 0.05) is 43.5 Å². The highest BCUT2D eigenvalue weighted by Crippen LogP contribution is 2.29. The molecule has 0 atom stereocenters. The average molecular weight is 380 g/mol. The molecule has 0 saturated heterocycles. The standard InChI is InChI=1S/C16H15F3N6O2/c1-25-8-5-12(23-25)20-6-7-21-14(26)11-4-2-3-10(9-11)13-22-15(27-24-13)16(17,18)19/h2-5,8-9H,6-7H2,1H3,(H,20,23)(H,21,26). The summed E-state index contributed by atoms with van der Waals surface area (Å²) in [6.07, 6.45) is -2.94. The van der Waals surface area contributed by atoms with Gasteiger partial charge >= 0.3 is 12.1 Å². The van der Waals surface area contributed by atoms with Crippen molar-refractivity contribution in [2.45, 2.75) is 6.18 Å². The van der Waals surface area contributed by atoms with E-state index in [2.05, 4.69) is 30.4 Å². The van der Waals surface area contributed by atoms with Crippen molar-refractivity contribution in [1.82, 2.24) is 25.2 Å². The summed E-state index contributed by atoms with van der Waals surface area (Å²) in [5.74, 6) is -1.37. The van der Waals surface area contributed by atoms with Crippen LogP contribution >= 0.6 is 0 Å². The minimum Gasteiger partial charge on any atom is -0.367 e. The molecule has 11 heteroatoms. The number of aryl methyl sites for hydroxylation is 1. The zero-order valence-electron chi connectivity index (χ0n) is 14.1. The molecule has 0 aliphatic heterocycles. The highest BCUT2D eigenvalue weighted by atomic mass is 19.4. The van der Waals surface area contributed by atoms with Gasteiger partial charge < -0.3 is 15.2 Å². The number of benzene rings is 1. The minimum atomic E-state index is -4.72. The number of halogens is 3. The Morgan fingerprint density at radius 2 is 2.07 bits per heavy atom. The molecule has 0 spiro atoms. The van der Waals surface area contributed by atoms with E-state index in [9.17, 15) is 18.0 Å². The second-order valence-electron chi connectivity index (χ2n) is 5.56. The van der Waals surface area contributed by atoms with Crippen molar-refractivity contribution in [3.05, 3.63) is 48.0 Å². The van der Waals surface area contributed by atoms with Crippen LogP contribution in [0.25, 0.3) is 11.4 Å². The number of anilines is 1. The number of amides is 1. The normalized spacial score (nSPS) is 11.4. The van der Waals surface area contributed by atoms with Crippen LogP contribution in [0.1, 0.15) is 16.2 Å². The maximum Gasteiger partial charge on any atom is 0.471 e. The SMILES string of the molecule is Cn1ccc(NCCNC(=O)c2cccc(-c3noc(C(F)(F)F)n3)c2)n1. The molecule has 27 heavy (non-hydrogen) atoms. The third-order valence-corrected chi connectivity index (χ3v) is 3.48. The van der Waals surface area contributed by atoms with Crippen LogP contribution in [0.4, 0.5) is 19.0 Å². The van der Waals surface area contributed by atoms with Gasteiger partial charge in [-0.1, -0.05) is 17.3 Å². The smallest absolute Gasteiger partial charge is 0.367 e. The first-order valence-electron chi connectivity index (χ1n) is 7.86. The summed E-state index contributed by atoms with van der Waals surface area (Å²) in [5, 5.41) is 13.2. The molecule has 2 aromatic heterocycles. The predicted molar refractivity (Wildman–Crippen MR) is 88.8 cm³/mol. The number of carbonyl (C=O) groups excluding carboxylic acids is 1. The van der Waals surface area contributed by atoms with Crippen molar-refractivity contribution in [3.8, 4) is 11.4 Å². The Balaban J connectivity index is 1.59. The second-order valence-corrected chi connectivity index (χ2v) is 5.56. The molecular weight excluding hydrogens is 365 g/mol. The summed E-state index contributed by atoms with van der Waals surface area (Å²) in [5.41, 5.74) is 0.511. The van der Waals surface area contributed by atoms with E-state index < -0.39 is 12.1 Å². The number of alkyl halides is 3. The first-order chi connectivity index (χ1) is 12.8. The van der Waals surface area contributed by atoms with Crippen molar-refractivity contribution >= 4 is 11.7 Å². The summed E-state index contributed by atoms with van der Waals surface area (Å²) in [6.45, 7) is 0.794. The monoisotopic (exact) mass is 380 g/mol. The molecule has 0 unspecified atom stereocenters. The highest BCUT2D eigenvalue weighted by molar-refractivity contribution is 5.95. The summed E-state index contributed by atoms with van der Waals surface area (Å²) in [4.78, 5) is 15.5. The fourth-order valence-corrected chi connectivity index (χ4v) is 2.23. The van der Waals surface area contributed by atoms with Gasteiger partial charge in [0.15, 0.2) is 0 Å². The van der Waals surface area contributed by atoms with E-state index in [1.54, 1.807) is 24.0 Å². The molecule has 8 nitrogen and oxygen atoms in total. The van der Waals surface area contributed by atoms with Crippen LogP contribution in [-0.2, 0) is 13.2 Å². The molecule has 0 bridgehead atoms. The molecule has 0 aliphatic rings. The lowest BCUT2D eigenvalue weighted by Crippen LogP contribution is -2.28. The fourth-order valence-electron chi connectivity index (χ4n) is 2.23. The molecule has 0 aliphatic carbocycles. The molecule has 2 N–H and O–H groups in total. The molecule has 1 amide bonds. The molecule has 3 rings (SSSR count). The van der Waals surface area contributed by atoms with Crippen LogP contribution < -0.4 is 10.6 Å². The maximum atomic E-state index is 12.5. The van der Waals surface area contributed by atoms with Crippen molar-refractivity contribution < 1.29 is 22.5 Å². The number of hydrogen-bond donors (Lipinski definition) is 2. The number of nitrogens with zero attached hydrogens (tertiary/aromatic N) is 4. The minimum absolute atomic E-state index is 0.242. The summed E-state index contributed by atoms with van der Waals surface area (Å²) >= 11 is 0. The first-order valence-corrected chi connectivity index (χ1v) is 7.86. The Kier molecular flexibility index (Phi) is 5.10. The van der Waals surface area contributed by atoms with Gasteiger partial charge in [0.2, 0.25) is 5.82 Å². The number of carbonyl (C=O) groups is 1. The second kappa shape index (κ2) is 7.48. The lowest BCUT2D eigenvalue weighted by atomic mass is 10.1. The van der Waals surface area contributed by atoms with Crippen LogP contribution in [0.2, 0.25) is 0 Å². The van der Waals surface area contributed by atoms with E-state index >= 15 is 0 Å². The Morgan fingerprint density at radius 3 is 2.74 bits per heavy atom. The molecule has 1 aromatic carbocycles. The molecule has 0 saturated carbocycles. The number of hydrogen-bond acceptors (Lipinski definition) is 6. The molecule has 0 radical (unpaired) electrons. The van der Waals surface area contributed by atoms with E-state index in [0.717, 1.165) is 0 Å². The maximum absolute atomic E-state index is 12.5. The van der Waals surface area contributed by atoms with E-state index in [-0.39, 0.29) is 22.9 Å². The van der Waals surface area contributed by atoms with Crippen LogP contribution in [0.15, 0.2) is 41.1 Å². The van der Waals surface area contributed by atoms with Crippen molar-refractivity contribution in [2.75, 3.05) is 18.4 Å². The van der Waals surface area contributed by atoms with Gasteiger partial charge in [0.05, 0.1) is 0 Å². The Hall–Kier alpha value is -3.37. The van der Waals surface area contributed by atoms with Crippen LogP contribution in [-0.4, -0.2) is 38.9 Å². The van der Waals surface area contributed by atoms with Crippen LogP contribution in [0, 0.1) is 0 Å². The highest BCUT2D eigenvalue weighted by Gasteiger charge is 2.38. The van der Waals surface area contributed by atoms with Crippen molar-refractivity contribution in [2.24, 2.45) is 7.05 Å². The summed E-state index contributed by atoms with van der Waals surface area (Å²) in [6, 6.07) is 7.75. The Labute approximate surface area is 151 Å². The van der Waals surface area contributed by atoms with E-state index in [1.165, 1.54) is 24.3 Å². The molecule has 142 valence electrons. The first kappa shape index (κ1) is 18.4. The number of rotatable bonds is 6. The van der Waals surface area contributed by atoms with E-state index in [1.807, 2.05) is 0 Å². The number of aromatic nitrogens is 4. The molecule has 3 aromatic rings. The van der Waals surface area contributed by atoms with Gasteiger partial charge in [-0.05, 0) is 12.1 Å². The van der Waals surface area contributed by atoms with Gasteiger partial charge in [0.1, 0.15) is 5.82 Å². The summed E-state index contributed by atoms with van der Waals surface area (Å²) in [7, 11) is 1.79. The third kappa shape index (κ3) is 4.63. The van der Waals surface area contributed by atoms with Crippen LogP contribution in [0.3, 0.4) is 0 Å². The van der Waals surface area contributed by atoms with Gasteiger partial charge in [-0.2, -0.15) is 23.3 Å². The van der Waals surface area contributed by atoms with Gasteiger partial charge in [-0.15, -0.1) is 0 Å². The van der Waals surface area contributed by atoms with Gasteiger partial charge in [-0.3, -0.25) is 9.48 Å². The van der Waals surface area contributed by atoms with Crippen LogP contribution in [0.5, 0.6) is 0 Å². The fraction of sp³-hybridized carbons (Fsp3) is 0.250. The molecule has 0 fully saturated rings. The Bertz CT molecular complexity index is 934. The largest absolute Gasteiger partial charge is 0.471 e. The lowest BCUT2D eigenvalue weighted by molar-refractivity contribution is -0.159.